The number of ether oxygens (including phenoxy) is 1. The van der Waals surface area contributed by atoms with E-state index in [0.29, 0.717) is 19.8 Å². The smallest absolute Gasteiger partial charge is 0.244 e. The van der Waals surface area contributed by atoms with Gasteiger partial charge in [0.1, 0.15) is 0 Å². The average molecular weight is 303 g/mol. The minimum atomic E-state index is -0.235. The SMILES string of the molecule is CC/C(=C\C(=O)NCC1(CO)CCOCC1)c1ccccc1. The van der Waals surface area contributed by atoms with Crippen LogP contribution in [0.4, 0.5) is 0 Å². The van der Waals surface area contributed by atoms with Crippen molar-refractivity contribution in [1.29, 1.82) is 0 Å². The van der Waals surface area contributed by atoms with E-state index in [4.69, 9.17) is 4.74 Å². The van der Waals surface area contributed by atoms with Gasteiger partial charge in [0.2, 0.25) is 5.91 Å². The van der Waals surface area contributed by atoms with E-state index in [0.717, 1.165) is 30.4 Å². The summed E-state index contributed by atoms with van der Waals surface area (Å²) in [5.74, 6) is -0.0972. The molecule has 4 nitrogen and oxygen atoms in total. The van der Waals surface area contributed by atoms with E-state index in [1.165, 1.54) is 0 Å². The fourth-order valence-corrected chi connectivity index (χ4v) is 2.72. The zero-order valence-corrected chi connectivity index (χ0v) is 13.2. The predicted molar refractivity (Wildman–Crippen MR) is 87.3 cm³/mol. The van der Waals surface area contributed by atoms with Crippen molar-refractivity contribution in [3.05, 3.63) is 42.0 Å². The fraction of sp³-hybridized carbons (Fsp3) is 0.500. The Balaban J connectivity index is 1.97. The second kappa shape index (κ2) is 8.11. The van der Waals surface area contributed by atoms with Crippen molar-refractivity contribution in [2.75, 3.05) is 26.4 Å². The number of carbonyl (C=O) groups is 1. The minimum Gasteiger partial charge on any atom is -0.396 e. The molecule has 0 saturated carbocycles. The van der Waals surface area contributed by atoms with Crippen LogP contribution in [0.15, 0.2) is 36.4 Å². The van der Waals surface area contributed by atoms with E-state index in [2.05, 4.69) is 5.32 Å². The van der Waals surface area contributed by atoms with Gasteiger partial charge in [0.25, 0.3) is 0 Å². The van der Waals surface area contributed by atoms with Crippen molar-refractivity contribution >= 4 is 11.5 Å². The summed E-state index contributed by atoms with van der Waals surface area (Å²) < 4.78 is 5.34. The van der Waals surface area contributed by atoms with Gasteiger partial charge >= 0.3 is 0 Å². The van der Waals surface area contributed by atoms with Crippen LogP contribution in [0, 0.1) is 5.41 Å². The lowest BCUT2D eigenvalue weighted by molar-refractivity contribution is -0.117. The summed E-state index contributed by atoms with van der Waals surface area (Å²) in [5.41, 5.74) is 1.85. The molecule has 0 radical (unpaired) electrons. The van der Waals surface area contributed by atoms with Crippen molar-refractivity contribution in [2.45, 2.75) is 26.2 Å². The fourth-order valence-electron chi connectivity index (χ4n) is 2.72. The molecule has 1 saturated heterocycles. The minimum absolute atomic E-state index is 0.0830. The van der Waals surface area contributed by atoms with Crippen molar-refractivity contribution in [3.8, 4) is 0 Å². The van der Waals surface area contributed by atoms with E-state index in [1.807, 2.05) is 37.3 Å². The number of rotatable bonds is 6. The highest BCUT2D eigenvalue weighted by molar-refractivity contribution is 5.95. The Hall–Kier alpha value is -1.65. The molecule has 1 amide bonds. The van der Waals surface area contributed by atoms with Crippen LogP contribution in [0.1, 0.15) is 31.7 Å². The largest absolute Gasteiger partial charge is 0.396 e. The van der Waals surface area contributed by atoms with Crippen LogP contribution in [0.3, 0.4) is 0 Å². The summed E-state index contributed by atoms with van der Waals surface area (Å²) in [5, 5.41) is 12.6. The molecule has 4 heteroatoms. The average Bonchev–Trinajstić information content (AvgIpc) is 2.59. The van der Waals surface area contributed by atoms with Gasteiger partial charge in [0.05, 0.1) is 6.61 Å². The molecule has 0 spiro atoms. The second-order valence-corrected chi connectivity index (χ2v) is 5.88. The summed E-state index contributed by atoms with van der Waals surface area (Å²) >= 11 is 0. The van der Waals surface area contributed by atoms with E-state index in [1.54, 1.807) is 6.08 Å². The first-order chi connectivity index (χ1) is 10.7. The maximum atomic E-state index is 12.2. The van der Waals surface area contributed by atoms with Crippen molar-refractivity contribution in [3.63, 3.8) is 0 Å². The van der Waals surface area contributed by atoms with Crippen molar-refractivity contribution in [1.82, 2.24) is 5.32 Å². The maximum Gasteiger partial charge on any atom is 0.244 e. The standard InChI is InChI=1S/C18H25NO3/c1-2-15(16-6-4-3-5-7-16)12-17(21)19-13-18(14-20)8-10-22-11-9-18/h3-7,12,20H,2,8-11,13-14H2,1H3,(H,19,21)/b15-12+. The van der Waals surface area contributed by atoms with Crippen molar-refractivity contribution < 1.29 is 14.6 Å². The third-order valence-electron chi connectivity index (χ3n) is 4.36. The molecule has 0 aromatic heterocycles. The number of benzene rings is 1. The van der Waals surface area contributed by atoms with E-state index in [-0.39, 0.29) is 17.9 Å². The first-order valence-corrected chi connectivity index (χ1v) is 7.91. The molecule has 1 aromatic rings. The molecule has 0 unspecified atom stereocenters. The normalized spacial score (nSPS) is 18.0. The number of hydrogen-bond acceptors (Lipinski definition) is 3. The number of nitrogens with one attached hydrogen (secondary N) is 1. The van der Waals surface area contributed by atoms with Gasteiger partial charge in [-0.2, -0.15) is 0 Å². The van der Waals surface area contributed by atoms with E-state index < -0.39 is 0 Å². The molecule has 1 aliphatic heterocycles. The molecule has 1 aliphatic rings. The van der Waals surface area contributed by atoms with Crippen LogP contribution < -0.4 is 5.32 Å². The maximum absolute atomic E-state index is 12.2. The van der Waals surface area contributed by atoms with Gasteiger partial charge in [-0.1, -0.05) is 37.3 Å². The lowest BCUT2D eigenvalue weighted by Gasteiger charge is -2.35. The first-order valence-electron chi connectivity index (χ1n) is 7.91. The van der Waals surface area contributed by atoms with Gasteiger partial charge in [-0.05, 0) is 30.4 Å². The number of aliphatic hydroxyl groups is 1. The van der Waals surface area contributed by atoms with Gasteiger partial charge in [-0.15, -0.1) is 0 Å². The summed E-state index contributed by atoms with van der Waals surface area (Å²) in [7, 11) is 0. The van der Waals surface area contributed by atoms with Crippen LogP contribution in [0.2, 0.25) is 0 Å². The van der Waals surface area contributed by atoms with Crippen molar-refractivity contribution in [2.24, 2.45) is 5.41 Å². The third-order valence-corrected chi connectivity index (χ3v) is 4.36. The van der Waals surface area contributed by atoms with Crippen LogP contribution in [0.25, 0.3) is 5.57 Å². The van der Waals surface area contributed by atoms with Crippen LogP contribution in [0.5, 0.6) is 0 Å². The lowest BCUT2D eigenvalue weighted by atomic mass is 9.81. The van der Waals surface area contributed by atoms with Gasteiger partial charge in [0.15, 0.2) is 0 Å². The summed E-state index contributed by atoms with van der Waals surface area (Å²) in [4.78, 5) is 12.2. The van der Waals surface area contributed by atoms with E-state index >= 15 is 0 Å². The molecule has 1 fully saturated rings. The monoisotopic (exact) mass is 303 g/mol. The third kappa shape index (κ3) is 4.42. The molecule has 120 valence electrons. The molecule has 2 rings (SSSR count). The number of aliphatic hydroxyl groups excluding tert-OH is 1. The Morgan fingerprint density at radius 1 is 1.32 bits per heavy atom. The molecule has 1 heterocycles. The highest BCUT2D eigenvalue weighted by atomic mass is 16.5. The number of hydrogen-bond donors (Lipinski definition) is 2. The predicted octanol–water partition coefficient (Wildman–Crippen LogP) is 2.39. The van der Waals surface area contributed by atoms with Crippen LogP contribution >= 0.6 is 0 Å². The summed E-state index contributed by atoms with van der Waals surface area (Å²) in [6.07, 6.45) is 4.04. The summed E-state index contributed by atoms with van der Waals surface area (Å²) in [6, 6.07) is 9.93. The number of carbonyl (C=O) groups excluding carboxylic acids is 1. The lowest BCUT2D eigenvalue weighted by Crippen LogP contribution is -2.43. The molecule has 0 atom stereocenters. The Labute approximate surface area is 132 Å². The number of allylic oxidation sites excluding steroid dienone is 1. The quantitative estimate of drug-likeness (QED) is 0.793. The molecule has 2 N–H and O–H groups in total. The van der Waals surface area contributed by atoms with Gasteiger partial charge < -0.3 is 15.2 Å². The molecular formula is C18H25NO3. The van der Waals surface area contributed by atoms with Crippen LogP contribution in [-0.2, 0) is 9.53 Å². The molecule has 22 heavy (non-hydrogen) atoms. The van der Waals surface area contributed by atoms with E-state index in [9.17, 15) is 9.90 Å². The van der Waals surface area contributed by atoms with Crippen LogP contribution in [-0.4, -0.2) is 37.4 Å². The Kier molecular flexibility index (Phi) is 6.16. The second-order valence-electron chi connectivity index (χ2n) is 5.88. The molecule has 1 aromatic carbocycles. The highest BCUT2D eigenvalue weighted by Gasteiger charge is 2.32. The van der Waals surface area contributed by atoms with Gasteiger partial charge in [0, 0.05) is 31.2 Å². The Bertz CT molecular complexity index is 504. The Morgan fingerprint density at radius 2 is 2.00 bits per heavy atom. The zero-order chi connectivity index (χ0) is 15.8. The first kappa shape index (κ1) is 16.7. The highest BCUT2D eigenvalue weighted by Crippen LogP contribution is 2.29. The van der Waals surface area contributed by atoms with Gasteiger partial charge in [-0.25, -0.2) is 0 Å². The zero-order valence-electron chi connectivity index (χ0n) is 13.2. The van der Waals surface area contributed by atoms with Gasteiger partial charge in [-0.3, -0.25) is 4.79 Å². The molecular weight excluding hydrogens is 278 g/mol. The molecule has 0 bridgehead atoms. The summed E-state index contributed by atoms with van der Waals surface area (Å²) in [6.45, 7) is 3.92. The number of amides is 1. The topological polar surface area (TPSA) is 58.6 Å². The Morgan fingerprint density at radius 3 is 2.59 bits per heavy atom. The molecule has 0 aliphatic carbocycles.